The van der Waals surface area contributed by atoms with Crippen molar-refractivity contribution in [2.45, 2.75) is 38.6 Å². The van der Waals surface area contributed by atoms with Crippen molar-refractivity contribution in [1.82, 2.24) is 25.5 Å². The molecule has 3 amide bonds. The third kappa shape index (κ3) is 4.41. The first-order chi connectivity index (χ1) is 14.0. The van der Waals surface area contributed by atoms with Crippen LogP contribution in [0.25, 0.3) is 11.0 Å². The molecule has 2 heterocycles. The second kappa shape index (κ2) is 8.23. The number of amides is 3. The maximum Gasteiger partial charge on any atom is 0.239 e. The average Bonchev–Trinajstić information content (AvgIpc) is 3.20. The van der Waals surface area contributed by atoms with Gasteiger partial charge in [0.1, 0.15) is 5.82 Å². The van der Waals surface area contributed by atoms with Crippen molar-refractivity contribution in [3.8, 4) is 0 Å². The Labute approximate surface area is 169 Å². The van der Waals surface area contributed by atoms with Gasteiger partial charge in [-0.2, -0.15) is 0 Å². The van der Waals surface area contributed by atoms with Crippen molar-refractivity contribution in [2.24, 2.45) is 11.8 Å². The highest BCUT2D eigenvalue weighted by Crippen LogP contribution is 2.37. The molecule has 0 radical (unpaired) electrons. The van der Waals surface area contributed by atoms with Crippen LogP contribution in [0, 0.1) is 11.8 Å². The number of carbonyl (C=O) groups is 3. The van der Waals surface area contributed by atoms with Gasteiger partial charge in [0.15, 0.2) is 0 Å². The van der Waals surface area contributed by atoms with Crippen LogP contribution in [0.15, 0.2) is 24.3 Å². The highest BCUT2D eigenvalue weighted by atomic mass is 16.2. The lowest BCUT2D eigenvalue weighted by Crippen LogP contribution is -2.55. The summed E-state index contributed by atoms with van der Waals surface area (Å²) < 4.78 is 0. The first-order valence-corrected chi connectivity index (χ1v) is 10.2. The summed E-state index contributed by atoms with van der Waals surface area (Å²) in [6, 6.07) is 7.95. The Morgan fingerprint density at radius 3 is 2.59 bits per heavy atom. The predicted molar refractivity (Wildman–Crippen MR) is 108 cm³/mol. The van der Waals surface area contributed by atoms with E-state index in [1.165, 1.54) is 6.92 Å². The Kier molecular flexibility index (Phi) is 5.51. The zero-order valence-corrected chi connectivity index (χ0v) is 16.6. The van der Waals surface area contributed by atoms with Crippen LogP contribution in [0.4, 0.5) is 0 Å². The first kappa shape index (κ1) is 19.4. The van der Waals surface area contributed by atoms with E-state index in [1.807, 2.05) is 29.2 Å². The smallest absolute Gasteiger partial charge is 0.239 e. The summed E-state index contributed by atoms with van der Waals surface area (Å²) >= 11 is 0. The summed E-state index contributed by atoms with van der Waals surface area (Å²) in [6.45, 7) is 2.76. The van der Waals surface area contributed by atoms with Crippen LogP contribution in [0.3, 0.4) is 0 Å². The number of aromatic nitrogens is 2. The Hall–Kier alpha value is -2.90. The van der Waals surface area contributed by atoms with Crippen LogP contribution in [-0.4, -0.2) is 58.3 Å². The standard InChI is InChI=1S/C21H27N5O3/c1-13(27)22-10-19(28)25-21-14-6-7-15(21)12-26(11-14)20(29)9-8-18-23-16-4-2-3-5-17(16)24-18/h2-5,14-15,21H,6-12H2,1H3,(H,22,27)(H,23,24)(H,25,28)/t14-,15+,21?. The number of rotatable bonds is 6. The Bertz CT molecular complexity index is 877. The molecule has 154 valence electrons. The SMILES string of the molecule is CC(=O)NCC(=O)NC1[C@@H]2CC[C@H]1CN(C(=O)CCc1nc3ccccc3[nH]1)C2. The predicted octanol–water partition coefficient (Wildman–Crippen LogP) is 0.985. The molecule has 4 rings (SSSR count). The molecular formula is C21H27N5O3. The number of nitrogens with zero attached hydrogens (tertiary/aromatic N) is 2. The molecule has 29 heavy (non-hydrogen) atoms. The molecule has 2 fully saturated rings. The fourth-order valence-electron chi connectivity index (χ4n) is 4.61. The number of fused-ring (bicyclic) bond motifs is 3. The maximum absolute atomic E-state index is 12.8. The van der Waals surface area contributed by atoms with Gasteiger partial charge in [0.25, 0.3) is 0 Å². The largest absolute Gasteiger partial charge is 0.351 e. The van der Waals surface area contributed by atoms with E-state index in [0.29, 0.717) is 25.9 Å². The molecule has 3 N–H and O–H groups in total. The number of imidazole rings is 1. The van der Waals surface area contributed by atoms with Crippen LogP contribution in [0.1, 0.15) is 32.0 Å². The quantitative estimate of drug-likeness (QED) is 0.675. The van der Waals surface area contributed by atoms with Gasteiger partial charge < -0.3 is 20.5 Å². The molecule has 1 unspecified atom stereocenters. The van der Waals surface area contributed by atoms with Crippen molar-refractivity contribution in [2.75, 3.05) is 19.6 Å². The minimum atomic E-state index is -0.215. The molecule has 1 saturated heterocycles. The fraction of sp³-hybridized carbons (Fsp3) is 0.524. The highest BCUT2D eigenvalue weighted by Gasteiger charge is 2.43. The second-order valence-electron chi connectivity index (χ2n) is 8.10. The summed E-state index contributed by atoms with van der Waals surface area (Å²) in [7, 11) is 0. The molecule has 1 aromatic heterocycles. The van der Waals surface area contributed by atoms with Crippen LogP contribution < -0.4 is 10.6 Å². The van der Waals surface area contributed by atoms with Crippen molar-refractivity contribution >= 4 is 28.8 Å². The van der Waals surface area contributed by atoms with E-state index in [4.69, 9.17) is 0 Å². The molecule has 1 aliphatic heterocycles. The highest BCUT2D eigenvalue weighted by molar-refractivity contribution is 5.84. The second-order valence-corrected chi connectivity index (χ2v) is 8.10. The molecule has 1 aliphatic carbocycles. The number of piperidine rings is 1. The third-order valence-corrected chi connectivity index (χ3v) is 6.03. The molecule has 8 nitrogen and oxygen atoms in total. The summed E-state index contributed by atoms with van der Waals surface area (Å²) in [5.41, 5.74) is 1.91. The lowest BCUT2D eigenvalue weighted by atomic mass is 9.91. The number of benzene rings is 1. The summed E-state index contributed by atoms with van der Waals surface area (Å²) in [5, 5.41) is 5.59. The molecule has 3 atom stereocenters. The zero-order chi connectivity index (χ0) is 20.4. The van der Waals surface area contributed by atoms with Crippen LogP contribution in [0.5, 0.6) is 0 Å². The lowest BCUT2D eigenvalue weighted by molar-refractivity contribution is -0.134. The van der Waals surface area contributed by atoms with Gasteiger partial charge in [0, 0.05) is 38.9 Å². The summed E-state index contributed by atoms with van der Waals surface area (Å²) in [5.74, 6) is 1.17. The molecule has 2 aromatic rings. The zero-order valence-electron chi connectivity index (χ0n) is 16.6. The van der Waals surface area contributed by atoms with Gasteiger partial charge in [-0.05, 0) is 36.8 Å². The molecule has 1 saturated carbocycles. The summed E-state index contributed by atoms with van der Waals surface area (Å²) in [4.78, 5) is 45.6. The minimum absolute atomic E-state index is 0.00538. The topological polar surface area (TPSA) is 107 Å². The minimum Gasteiger partial charge on any atom is -0.351 e. The van der Waals surface area contributed by atoms with Crippen molar-refractivity contribution < 1.29 is 14.4 Å². The van der Waals surface area contributed by atoms with Crippen LogP contribution in [0.2, 0.25) is 0 Å². The molecular weight excluding hydrogens is 370 g/mol. The van der Waals surface area contributed by atoms with E-state index < -0.39 is 0 Å². The average molecular weight is 397 g/mol. The molecule has 8 heteroatoms. The van der Waals surface area contributed by atoms with E-state index in [1.54, 1.807) is 0 Å². The number of hydrogen-bond donors (Lipinski definition) is 3. The number of likely N-dealkylation sites (tertiary alicyclic amines) is 1. The van der Waals surface area contributed by atoms with E-state index in [9.17, 15) is 14.4 Å². The number of para-hydroxylation sites is 2. The molecule has 2 bridgehead atoms. The number of nitrogens with one attached hydrogen (secondary N) is 3. The van der Waals surface area contributed by atoms with Crippen molar-refractivity contribution in [1.29, 1.82) is 0 Å². The lowest BCUT2D eigenvalue weighted by Gasteiger charge is -2.38. The van der Waals surface area contributed by atoms with E-state index in [2.05, 4.69) is 20.6 Å². The molecule has 0 spiro atoms. The Morgan fingerprint density at radius 2 is 1.90 bits per heavy atom. The van der Waals surface area contributed by atoms with Crippen LogP contribution >= 0.6 is 0 Å². The number of hydrogen-bond acceptors (Lipinski definition) is 4. The van der Waals surface area contributed by atoms with Crippen molar-refractivity contribution in [3.63, 3.8) is 0 Å². The van der Waals surface area contributed by atoms with Crippen molar-refractivity contribution in [3.05, 3.63) is 30.1 Å². The van der Waals surface area contributed by atoms with E-state index in [-0.39, 0.29) is 42.1 Å². The van der Waals surface area contributed by atoms with E-state index in [0.717, 1.165) is 29.7 Å². The number of aryl methyl sites for hydroxylation is 1. The van der Waals surface area contributed by atoms with E-state index >= 15 is 0 Å². The number of carbonyl (C=O) groups excluding carboxylic acids is 3. The Balaban J connectivity index is 1.29. The maximum atomic E-state index is 12.8. The third-order valence-electron chi connectivity index (χ3n) is 6.03. The van der Waals surface area contributed by atoms with Crippen LogP contribution in [-0.2, 0) is 20.8 Å². The van der Waals surface area contributed by atoms with Gasteiger partial charge in [-0.25, -0.2) is 4.98 Å². The van der Waals surface area contributed by atoms with Gasteiger partial charge in [0.05, 0.1) is 17.6 Å². The number of H-pyrrole nitrogens is 1. The number of aromatic amines is 1. The van der Waals surface area contributed by atoms with Gasteiger partial charge in [-0.3, -0.25) is 14.4 Å². The summed E-state index contributed by atoms with van der Waals surface area (Å²) in [6.07, 6.45) is 3.06. The van der Waals surface area contributed by atoms with Gasteiger partial charge >= 0.3 is 0 Å². The Morgan fingerprint density at radius 1 is 1.17 bits per heavy atom. The molecule has 2 aliphatic rings. The van der Waals surface area contributed by atoms with Gasteiger partial charge in [0.2, 0.25) is 17.7 Å². The normalized spacial score (nSPS) is 23.2. The van der Waals surface area contributed by atoms with Gasteiger partial charge in [-0.1, -0.05) is 12.1 Å². The monoisotopic (exact) mass is 397 g/mol. The first-order valence-electron chi connectivity index (χ1n) is 10.2. The van der Waals surface area contributed by atoms with Gasteiger partial charge in [-0.15, -0.1) is 0 Å². The fourth-order valence-corrected chi connectivity index (χ4v) is 4.61. The molecule has 1 aromatic carbocycles.